The summed E-state index contributed by atoms with van der Waals surface area (Å²) in [5, 5.41) is 2.73. The van der Waals surface area contributed by atoms with Crippen molar-refractivity contribution in [1.29, 1.82) is 0 Å². The molecule has 1 atom stereocenters. The van der Waals surface area contributed by atoms with Gasteiger partial charge in [-0.1, -0.05) is 24.6 Å². The Morgan fingerprint density at radius 1 is 1.13 bits per heavy atom. The molecule has 2 aromatic carbocycles. The first-order valence-corrected chi connectivity index (χ1v) is 13.3. The highest BCUT2D eigenvalue weighted by atomic mass is 32.2. The highest BCUT2D eigenvalue weighted by Crippen LogP contribution is 2.46. The maximum Gasteiger partial charge on any atom is 0.241 e. The molecular formula is C23H28N2O4S2. The number of para-hydroxylation sites is 1. The van der Waals surface area contributed by atoms with E-state index in [0.717, 1.165) is 41.9 Å². The molecule has 166 valence electrons. The monoisotopic (exact) mass is 460 g/mol. The summed E-state index contributed by atoms with van der Waals surface area (Å²) >= 11 is 1.45. The van der Waals surface area contributed by atoms with Crippen molar-refractivity contribution >= 4 is 33.4 Å². The number of amides is 1. The summed E-state index contributed by atoms with van der Waals surface area (Å²) < 4.78 is 36.0. The van der Waals surface area contributed by atoms with Gasteiger partial charge in [0.1, 0.15) is 11.4 Å². The molecule has 1 heterocycles. The maximum atomic E-state index is 13.3. The predicted molar refractivity (Wildman–Crippen MR) is 123 cm³/mol. The molecule has 1 spiro atoms. The Morgan fingerprint density at radius 2 is 1.87 bits per heavy atom. The van der Waals surface area contributed by atoms with E-state index in [0.29, 0.717) is 12.1 Å². The van der Waals surface area contributed by atoms with E-state index in [1.807, 2.05) is 30.5 Å². The molecule has 1 fully saturated rings. The van der Waals surface area contributed by atoms with Crippen LogP contribution in [-0.4, -0.2) is 26.2 Å². The minimum absolute atomic E-state index is 0.135. The Kier molecular flexibility index (Phi) is 6.32. The van der Waals surface area contributed by atoms with Crippen LogP contribution in [0.1, 0.15) is 57.1 Å². The fourth-order valence-electron chi connectivity index (χ4n) is 4.62. The Hall–Kier alpha value is -2.03. The fraction of sp³-hybridized carbons (Fsp3) is 0.435. The SMILES string of the molecule is CSc1ccc(S(=O)(=O)NC2CC3(CCCCC3)Oc3ccccc32)cc1NC(C)=O. The average Bonchev–Trinajstić information content (AvgIpc) is 2.73. The molecule has 2 N–H and O–H groups in total. The average molecular weight is 461 g/mol. The molecule has 6 nitrogen and oxygen atoms in total. The summed E-state index contributed by atoms with van der Waals surface area (Å²) in [6.45, 7) is 1.41. The largest absolute Gasteiger partial charge is 0.487 e. The molecule has 1 aliphatic carbocycles. The van der Waals surface area contributed by atoms with Crippen LogP contribution in [0.3, 0.4) is 0 Å². The number of ether oxygens (including phenoxy) is 1. The molecule has 0 aromatic heterocycles. The number of hydrogen-bond donors (Lipinski definition) is 2. The Morgan fingerprint density at radius 3 is 2.58 bits per heavy atom. The van der Waals surface area contributed by atoms with Gasteiger partial charge in [-0.3, -0.25) is 4.79 Å². The first-order valence-electron chi connectivity index (χ1n) is 10.6. The predicted octanol–water partition coefficient (Wildman–Crippen LogP) is 4.87. The minimum atomic E-state index is -3.81. The molecule has 1 amide bonds. The van der Waals surface area contributed by atoms with Crippen molar-refractivity contribution in [1.82, 2.24) is 4.72 Å². The van der Waals surface area contributed by atoms with Gasteiger partial charge >= 0.3 is 0 Å². The summed E-state index contributed by atoms with van der Waals surface area (Å²) in [5.41, 5.74) is 1.05. The van der Waals surface area contributed by atoms with Crippen LogP contribution >= 0.6 is 11.8 Å². The number of fused-ring (bicyclic) bond motifs is 1. The first kappa shape index (κ1) is 22.2. The molecule has 0 bridgehead atoms. The number of anilines is 1. The molecule has 31 heavy (non-hydrogen) atoms. The van der Waals surface area contributed by atoms with Crippen molar-refractivity contribution in [2.75, 3.05) is 11.6 Å². The number of carbonyl (C=O) groups excluding carboxylic acids is 1. The third kappa shape index (κ3) is 4.76. The summed E-state index contributed by atoms with van der Waals surface area (Å²) in [6.07, 6.45) is 7.76. The summed E-state index contributed by atoms with van der Waals surface area (Å²) in [7, 11) is -3.81. The van der Waals surface area contributed by atoms with Crippen LogP contribution in [0, 0.1) is 0 Å². The zero-order chi connectivity index (χ0) is 22.1. The maximum absolute atomic E-state index is 13.3. The third-order valence-electron chi connectivity index (χ3n) is 6.05. The van der Waals surface area contributed by atoms with E-state index in [1.165, 1.54) is 31.2 Å². The van der Waals surface area contributed by atoms with Gasteiger partial charge in [-0.05, 0) is 56.2 Å². The van der Waals surface area contributed by atoms with Crippen LogP contribution < -0.4 is 14.8 Å². The van der Waals surface area contributed by atoms with Gasteiger partial charge in [-0.2, -0.15) is 0 Å². The smallest absolute Gasteiger partial charge is 0.241 e. The number of hydrogen-bond acceptors (Lipinski definition) is 5. The van der Waals surface area contributed by atoms with E-state index < -0.39 is 10.0 Å². The van der Waals surface area contributed by atoms with E-state index in [-0.39, 0.29) is 22.4 Å². The molecule has 2 aromatic rings. The van der Waals surface area contributed by atoms with Gasteiger partial charge in [-0.25, -0.2) is 13.1 Å². The lowest BCUT2D eigenvalue weighted by Gasteiger charge is -2.44. The minimum Gasteiger partial charge on any atom is -0.487 e. The van der Waals surface area contributed by atoms with Crippen molar-refractivity contribution in [3.63, 3.8) is 0 Å². The van der Waals surface area contributed by atoms with Gasteiger partial charge in [0.15, 0.2) is 0 Å². The van der Waals surface area contributed by atoms with Crippen molar-refractivity contribution in [2.45, 2.75) is 66.9 Å². The van der Waals surface area contributed by atoms with Crippen LogP contribution in [0.5, 0.6) is 5.75 Å². The van der Waals surface area contributed by atoms with E-state index in [4.69, 9.17) is 4.74 Å². The molecule has 1 unspecified atom stereocenters. The molecule has 1 saturated carbocycles. The number of nitrogens with one attached hydrogen (secondary N) is 2. The lowest BCUT2D eigenvalue weighted by atomic mass is 9.77. The molecule has 1 aliphatic heterocycles. The first-order chi connectivity index (χ1) is 14.8. The highest BCUT2D eigenvalue weighted by Gasteiger charge is 2.42. The van der Waals surface area contributed by atoms with Gasteiger partial charge in [0, 0.05) is 23.8 Å². The lowest BCUT2D eigenvalue weighted by Crippen LogP contribution is -2.46. The zero-order valence-electron chi connectivity index (χ0n) is 17.8. The van der Waals surface area contributed by atoms with Gasteiger partial charge in [0.2, 0.25) is 15.9 Å². The van der Waals surface area contributed by atoms with Crippen LogP contribution in [-0.2, 0) is 14.8 Å². The standard InChI is InChI=1S/C23H28N2O4S2/c1-16(26)24-19-14-17(10-11-22(19)30-2)31(27,28)25-20-15-23(12-6-3-7-13-23)29-21-9-5-4-8-18(20)21/h4-5,8-11,14,20,25H,3,6-7,12-13,15H2,1-2H3,(H,24,26). The van der Waals surface area contributed by atoms with Gasteiger partial charge in [-0.15, -0.1) is 11.8 Å². The van der Waals surface area contributed by atoms with Crippen molar-refractivity contribution in [2.24, 2.45) is 0 Å². The van der Waals surface area contributed by atoms with E-state index in [9.17, 15) is 13.2 Å². The fourth-order valence-corrected chi connectivity index (χ4v) is 6.40. The molecule has 4 rings (SSSR count). The number of carbonyl (C=O) groups is 1. The number of thioether (sulfide) groups is 1. The second-order valence-electron chi connectivity index (χ2n) is 8.30. The van der Waals surface area contributed by atoms with E-state index in [2.05, 4.69) is 10.0 Å². The summed E-state index contributed by atoms with van der Waals surface area (Å²) in [5.74, 6) is 0.524. The third-order valence-corrected chi connectivity index (χ3v) is 8.32. The normalized spacial score (nSPS) is 20.0. The second kappa shape index (κ2) is 8.84. The Balaban J connectivity index is 1.66. The lowest BCUT2D eigenvalue weighted by molar-refractivity contribution is -0.114. The molecule has 8 heteroatoms. The quantitative estimate of drug-likeness (QED) is 0.622. The Labute approximate surface area is 188 Å². The van der Waals surface area contributed by atoms with Crippen molar-refractivity contribution in [3.05, 3.63) is 48.0 Å². The van der Waals surface area contributed by atoms with Crippen molar-refractivity contribution in [3.8, 4) is 5.75 Å². The van der Waals surface area contributed by atoms with E-state index >= 15 is 0 Å². The van der Waals surface area contributed by atoms with Gasteiger partial charge in [0.25, 0.3) is 0 Å². The second-order valence-corrected chi connectivity index (χ2v) is 10.9. The molecule has 0 saturated heterocycles. The van der Waals surface area contributed by atoms with E-state index in [1.54, 1.807) is 12.1 Å². The molecular weight excluding hydrogens is 432 g/mol. The Bertz CT molecular complexity index is 1080. The zero-order valence-corrected chi connectivity index (χ0v) is 19.4. The molecule has 0 radical (unpaired) electrons. The molecule has 2 aliphatic rings. The van der Waals surface area contributed by atoms with Gasteiger partial charge < -0.3 is 10.1 Å². The van der Waals surface area contributed by atoms with Crippen molar-refractivity contribution < 1.29 is 17.9 Å². The number of sulfonamides is 1. The topological polar surface area (TPSA) is 84.5 Å². The van der Waals surface area contributed by atoms with Crippen LogP contribution in [0.25, 0.3) is 0 Å². The number of rotatable bonds is 5. The van der Waals surface area contributed by atoms with Crippen LogP contribution in [0.4, 0.5) is 5.69 Å². The highest BCUT2D eigenvalue weighted by molar-refractivity contribution is 7.98. The van der Waals surface area contributed by atoms with Crippen LogP contribution in [0.15, 0.2) is 52.3 Å². The van der Waals surface area contributed by atoms with Gasteiger partial charge in [0.05, 0.1) is 16.6 Å². The van der Waals surface area contributed by atoms with Crippen LogP contribution in [0.2, 0.25) is 0 Å². The number of benzene rings is 2. The summed E-state index contributed by atoms with van der Waals surface area (Å²) in [6, 6.07) is 12.2. The summed E-state index contributed by atoms with van der Waals surface area (Å²) in [4.78, 5) is 12.5.